The van der Waals surface area contributed by atoms with Crippen molar-refractivity contribution in [1.29, 1.82) is 5.26 Å². The zero-order valence-corrected chi connectivity index (χ0v) is 10.7. The fourth-order valence-corrected chi connectivity index (χ4v) is 1.72. The predicted octanol–water partition coefficient (Wildman–Crippen LogP) is 1.88. The number of benzene rings is 1. The Morgan fingerprint density at radius 3 is 2.89 bits per heavy atom. The van der Waals surface area contributed by atoms with E-state index in [9.17, 15) is 4.79 Å². The quantitative estimate of drug-likeness (QED) is 0.787. The van der Waals surface area contributed by atoms with Crippen molar-refractivity contribution in [2.24, 2.45) is 0 Å². The number of amides is 1. The molecule has 1 aromatic carbocycles. The van der Waals surface area contributed by atoms with Gasteiger partial charge >= 0.3 is 0 Å². The lowest BCUT2D eigenvalue weighted by molar-refractivity contribution is 0.102. The Hall–Kier alpha value is -2.33. The number of carbonyl (C=O) groups is 1. The van der Waals surface area contributed by atoms with E-state index in [1.54, 1.807) is 18.2 Å². The van der Waals surface area contributed by atoms with Crippen LogP contribution in [-0.4, -0.2) is 16.1 Å². The summed E-state index contributed by atoms with van der Waals surface area (Å²) in [6.45, 7) is 0. The molecule has 0 fully saturated rings. The average molecular weight is 306 g/mol. The number of hydrogen-bond acceptors (Lipinski definition) is 4. The van der Waals surface area contributed by atoms with E-state index >= 15 is 0 Å². The van der Waals surface area contributed by atoms with Gasteiger partial charge in [-0.15, -0.1) is 0 Å². The van der Waals surface area contributed by atoms with Crippen molar-refractivity contribution in [2.75, 3.05) is 11.1 Å². The summed E-state index contributed by atoms with van der Waals surface area (Å²) in [6.07, 6.45) is 0. The van der Waals surface area contributed by atoms with Crippen LogP contribution in [-0.2, 0) is 0 Å². The number of aromatic amines is 1. The molecule has 0 aliphatic carbocycles. The van der Waals surface area contributed by atoms with Crippen molar-refractivity contribution >= 4 is 33.3 Å². The molecule has 0 aliphatic rings. The van der Waals surface area contributed by atoms with E-state index in [0.29, 0.717) is 11.3 Å². The lowest BCUT2D eigenvalue weighted by Gasteiger charge is -2.05. The molecule has 18 heavy (non-hydrogen) atoms. The molecule has 1 amide bonds. The number of nitrogens with two attached hydrogens (primary N) is 1. The third kappa shape index (κ3) is 2.49. The number of nitriles is 1. The molecule has 0 saturated heterocycles. The normalized spacial score (nSPS) is 9.78. The van der Waals surface area contributed by atoms with Gasteiger partial charge in [0.15, 0.2) is 0 Å². The summed E-state index contributed by atoms with van der Waals surface area (Å²) >= 11 is 3.27. The molecule has 0 radical (unpaired) electrons. The second kappa shape index (κ2) is 4.89. The molecule has 2 rings (SSSR count). The van der Waals surface area contributed by atoms with Crippen molar-refractivity contribution in [3.8, 4) is 6.07 Å². The summed E-state index contributed by atoms with van der Waals surface area (Å²) in [5, 5.41) is 17.7. The maximum atomic E-state index is 11.8. The highest BCUT2D eigenvalue weighted by Crippen LogP contribution is 2.21. The molecule has 0 saturated carbocycles. The number of carbonyl (C=O) groups excluding carboxylic acids is 1. The van der Waals surface area contributed by atoms with Gasteiger partial charge in [-0.1, -0.05) is 15.9 Å². The van der Waals surface area contributed by atoms with Gasteiger partial charge in [-0.3, -0.25) is 9.89 Å². The van der Waals surface area contributed by atoms with Crippen LogP contribution in [0.25, 0.3) is 0 Å². The summed E-state index contributed by atoms with van der Waals surface area (Å²) in [6, 6.07) is 8.40. The van der Waals surface area contributed by atoms with E-state index in [-0.39, 0.29) is 11.5 Å². The van der Waals surface area contributed by atoms with Crippen molar-refractivity contribution in [3.05, 3.63) is 40.0 Å². The lowest BCUT2D eigenvalue weighted by Crippen LogP contribution is -2.13. The van der Waals surface area contributed by atoms with Crippen molar-refractivity contribution < 1.29 is 4.79 Å². The van der Waals surface area contributed by atoms with Crippen LogP contribution in [0, 0.1) is 11.3 Å². The Morgan fingerprint density at radius 2 is 2.28 bits per heavy atom. The second-order valence-corrected chi connectivity index (χ2v) is 4.38. The third-order valence-electron chi connectivity index (χ3n) is 2.19. The van der Waals surface area contributed by atoms with Gasteiger partial charge in [-0.05, 0) is 18.2 Å². The Morgan fingerprint density at radius 1 is 1.50 bits per heavy atom. The molecule has 0 unspecified atom stereocenters. The third-order valence-corrected chi connectivity index (χ3v) is 2.69. The van der Waals surface area contributed by atoms with Crippen LogP contribution in [0.2, 0.25) is 0 Å². The van der Waals surface area contributed by atoms with E-state index in [0.717, 1.165) is 4.47 Å². The fraction of sp³-hybridized carbons (Fsp3) is 0. The first-order chi connectivity index (χ1) is 8.60. The number of anilines is 2. The zero-order chi connectivity index (χ0) is 13.1. The van der Waals surface area contributed by atoms with Crippen LogP contribution in [0.3, 0.4) is 0 Å². The minimum absolute atomic E-state index is 0.231. The van der Waals surface area contributed by atoms with Crippen molar-refractivity contribution in [3.63, 3.8) is 0 Å². The number of nitrogen functional groups attached to an aromatic ring is 1. The number of H-pyrrole nitrogens is 1. The molecule has 4 N–H and O–H groups in total. The smallest absolute Gasteiger partial charge is 0.273 e. The van der Waals surface area contributed by atoms with Gasteiger partial charge in [0.1, 0.15) is 17.6 Å². The van der Waals surface area contributed by atoms with Crippen LogP contribution in [0.4, 0.5) is 11.5 Å². The zero-order valence-electron chi connectivity index (χ0n) is 9.07. The molecule has 0 aliphatic heterocycles. The molecular formula is C11H8BrN5O. The molecular weight excluding hydrogens is 298 g/mol. The van der Waals surface area contributed by atoms with Gasteiger partial charge in [0, 0.05) is 10.5 Å². The van der Waals surface area contributed by atoms with Crippen LogP contribution in [0.5, 0.6) is 0 Å². The minimum Gasteiger partial charge on any atom is -0.382 e. The van der Waals surface area contributed by atoms with Gasteiger partial charge in [-0.25, -0.2) is 0 Å². The summed E-state index contributed by atoms with van der Waals surface area (Å²) in [7, 11) is 0. The van der Waals surface area contributed by atoms with Gasteiger partial charge in [-0.2, -0.15) is 10.4 Å². The topological polar surface area (TPSA) is 108 Å². The summed E-state index contributed by atoms with van der Waals surface area (Å²) < 4.78 is 0.765. The number of nitrogens with one attached hydrogen (secondary N) is 2. The largest absolute Gasteiger partial charge is 0.382 e. The van der Waals surface area contributed by atoms with Gasteiger partial charge in [0.2, 0.25) is 0 Å². The highest BCUT2D eigenvalue weighted by atomic mass is 79.9. The van der Waals surface area contributed by atoms with Crippen LogP contribution >= 0.6 is 15.9 Å². The molecule has 6 nitrogen and oxygen atoms in total. The second-order valence-electron chi connectivity index (χ2n) is 3.46. The van der Waals surface area contributed by atoms with E-state index in [1.807, 2.05) is 6.07 Å². The number of rotatable bonds is 2. The molecule has 2 aromatic rings. The molecule has 90 valence electrons. The molecule has 0 atom stereocenters. The Kier molecular flexibility index (Phi) is 3.30. The highest BCUT2D eigenvalue weighted by Gasteiger charge is 2.11. The molecule has 1 heterocycles. The SMILES string of the molecule is N#Cc1ccc(Br)cc1NC(=O)c1cc(N)n[nH]1. The lowest BCUT2D eigenvalue weighted by atomic mass is 10.2. The monoisotopic (exact) mass is 305 g/mol. The van der Waals surface area contributed by atoms with Crippen LogP contribution in [0.15, 0.2) is 28.7 Å². The van der Waals surface area contributed by atoms with E-state index in [1.165, 1.54) is 6.07 Å². The first-order valence-electron chi connectivity index (χ1n) is 4.92. The average Bonchev–Trinajstić information content (AvgIpc) is 2.76. The summed E-state index contributed by atoms with van der Waals surface area (Å²) in [5.41, 5.74) is 6.44. The summed E-state index contributed by atoms with van der Waals surface area (Å²) in [5.74, 6) is -0.177. The van der Waals surface area contributed by atoms with Crippen LogP contribution < -0.4 is 11.1 Å². The first-order valence-corrected chi connectivity index (χ1v) is 5.71. The maximum absolute atomic E-state index is 11.8. The summed E-state index contributed by atoms with van der Waals surface area (Å²) in [4.78, 5) is 11.8. The molecule has 7 heteroatoms. The Balaban J connectivity index is 2.27. The van der Waals surface area contributed by atoms with E-state index in [4.69, 9.17) is 11.0 Å². The maximum Gasteiger partial charge on any atom is 0.273 e. The minimum atomic E-state index is -0.409. The van der Waals surface area contributed by atoms with Gasteiger partial charge in [0.25, 0.3) is 5.91 Å². The van der Waals surface area contributed by atoms with E-state index < -0.39 is 5.91 Å². The fourth-order valence-electron chi connectivity index (χ4n) is 1.36. The highest BCUT2D eigenvalue weighted by molar-refractivity contribution is 9.10. The van der Waals surface area contributed by atoms with Crippen LogP contribution in [0.1, 0.15) is 16.1 Å². The standard InChI is InChI=1S/C11H8BrN5O/c12-7-2-1-6(5-13)8(3-7)15-11(18)9-4-10(14)17-16-9/h1-4H,(H,15,18)(H3,14,16,17). The Labute approximate surface area is 111 Å². The Bertz CT molecular complexity index is 643. The molecule has 0 bridgehead atoms. The van der Waals surface area contributed by atoms with Crippen molar-refractivity contribution in [1.82, 2.24) is 10.2 Å². The number of hydrogen-bond donors (Lipinski definition) is 3. The predicted molar refractivity (Wildman–Crippen MR) is 69.8 cm³/mol. The first kappa shape index (κ1) is 12.1. The number of nitrogens with zero attached hydrogens (tertiary/aromatic N) is 2. The van der Waals surface area contributed by atoms with Gasteiger partial charge < -0.3 is 11.1 Å². The van der Waals surface area contributed by atoms with Crippen molar-refractivity contribution in [2.45, 2.75) is 0 Å². The number of halogens is 1. The van der Waals surface area contributed by atoms with Gasteiger partial charge in [0.05, 0.1) is 11.3 Å². The number of aromatic nitrogens is 2. The molecule has 1 aromatic heterocycles. The van der Waals surface area contributed by atoms with E-state index in [2.05, 4.69) is 31.4 Å². The molecule has 0 spiro atoms.